The summed E-state index contributed by atoms with van der Waals surface area (Å²) in [6.45, 7) is 3.56. The Hall–Kier alpha value is -3.57. The van der Waals surface area contributed by atoms with Crippen molar-refractivity contribution in [2.75, 3.05) is 26.0 Å². The van der Waals surface area contributed by atoms with Crippen LogP contribution in [0.4, 0.5) is 5.69 Å². The second kappa shape index (κ2) is 12.1. The standard InChI is InChI=1S/C26H32N4O6S/c1-5-6-7-10-15-30-25(32)21-12-9-8-11-20(21)24(28-30)26(33)36-17-23(31)27-22-16-19(14-13-18(22)2)37(34,35)29(3)4/h8-9,11-14,16H,5-7,10,15,17H2,1-4H3,(H,27,31). The first-order valence-corrected chi connectivity index (χ1v) is 13.5. The number of ether oxygens (including phenoxy) is 1. The molecule has 10 nitrogen and oxygen atoms in total. The highest BCUT2D eigenvalue weighted by Gasteiger charge is 2.21. The predicted octanol–water partition coefficient (Wildman–Crippen LogP) is 3.33. The fourth-order valence-corrected chi connectivity index (χ4v) is 4.65. The minimum absolute atomic E-state index is 0.0206. The summed E-state index contributed by atoms with van der Waals surface area (Å²) >= 11 is 0. The molecule has 0 radical (unpaired) electrons. The van der Waals surface area contributed by atoms with Gasteiger partial charge in [0.05, 0.1) is 10.3 Å². The van der Waals surface area contributed by atoms with E-state index < -0.39 is 28.5 Å². The molecule has 0 aliphatic carbocycles. The number of anilines is 1. The molecule has 1 N–H and O–H groups in total. The summed E-state index contributed by atoms with van der Waals surface area (Å²) in [6.07, 6.45) is 3.77. The van der Waals surface area contributed by atoms with Crippen LogP contribution in [-0.2, 0) is 26.1 Å². The summed E-state index contributed by atoms with van der Waals surface area (Å²) < 4.78 is 32.4. The van der Waals surface area contributed by atoms with E-state index in [1.165, 1.54) is 30.9 Å². The maximum Gasteiger partial charge on any atom is 0.359 e. The van der Waals surface area contributed by atoms with E-state index in [0.29, 0.717) is 22.9 Å². The normalized spacial score (nSPS) is 11.6. The van der Waals surface area contributed by atoms with E-state index in [9.17, 15) is 22.8 Å². The van der Waals surface area contributed by atoms with Crippen molar-refractivity contribution in [1.29, 1.82) is 0 Å². The van der Waals surface area contributed by atoms with Crippen molar-refractivity contribution in [2.24, 2.45) is 0 Å². The fraction of sp³-hybridized carbons (Fsp3) is 0.385. The van der Waals surface area contributed by atoms with Crippen molar-refractivity contribution < 1.29 is 22.7 Å². The SMILES string of the molecule is CCCCCCn1nc(C(=O)OCC(=O)Nc2cc(S(=O)(=O)N(C)C)ccc2C)c2ccccc2c1=O. The number of hydrogen-bond donors (Lipinski definition) is 1. The Morgan fingerprint density at radius 1 is 1.05 bits per heavy atom. The summed E-state index contributed by atoms with van der Waals surface area (Å²) in [6, 6.07) is 11.0. The van der Waals surface area contributed by atoms with E-state index in [2.05, 4.69) is 17.3 Å². The summed E-state index contributed by atoms with van der Waals surface area (Å²) in [5.74, 6) is -1.48. The Morgan fingerprint density at radius 3 is 2.43 bits per heavy atom. The molecule has 0 bridgehead atoms. The van der Waals surface area contributed by atoms with Gasteiger partial charge >= 0.3 is 5.97 Å². The van der Waals surface area contributed by atoms with Crippen LogP contribution in [0.1, 0.15) is 48.7 Å². The largest absolute Gasteiger partial charge is 0.451 e. The maximum atomic E-state index is 12.9. The lowest BCUT2D eigenvalue weighted by molar-refractivity contribution is -0.119. The number of amides is 1. The van der Waals surface area contributed by atoms with Gasteiger partial charge < -0.3 is 10.1 Å². The Labute approximate surface area is 216 Å². The van der Waals surface area contributed by atoms with Gasteiger partial charge in [-0.05, 0) is 37.1 Å². The average molecular weight is 529 g/mol. The van der Waals surface area contributed by atoms with Crippen molar-refractivity contribution in [3.8, 4) is 0 Å². The summed E-state index contributed by atoms with van der Waals surface area (Å²) in [7, 11) is -0.861. The molecule has 0 unspecified atom stereocenters. The number of fused-ring (bicyclic) bond motifs is 1. The lowest BCUT2D eigenvalue weighted by Gasteiger charge is -2.14. The van der Waals surface area contributed by atoms with Gasteiger partial charge in [-0.1, -0.05) is 50.5 Å². The molecule has 0 spiro atoms. The van der Waals surface area contributed by atoms with E-state index in [0.717, 1.165) is 30.0 Å². The molecule has 1 amide bonds. The molecular weight excluding hydrogens is 496 g/mol. The molecule has 37 heavy (non-hydrogen) atoms. The second-order valence-electron chi connectivity index (χ2n) is 8.87. The highest BCUT2D eigenvalue weighted by Crippen LogP contribution is 2.22. The number of carbonyl (C=O) groups is 2. The van der Waals surface area contributed by atoms with E-state index >= 15 is 0 Å². The highest BCUT2D eigenvalue weighted by molar-refractivity contribution is 7.89. The summed E-state index contributed by atoms with van der Waals surface area (Å²) in [5.41, 5.74) is 0.589. The van der Waals surface area contributed by atoms with Gasteiger partial charge in [0.2, 0.25) is 10.0 Å². The minimum Gasteiger partial charge on any atom is -0.451 e. The highest BCUT2D eigenvalue weighted by atomic mass is 32.2. The third-order valence-corrected chi connectivity index (χ3v) is 7.69. The second-order valence-corrected chi connectivity index (χ2v) is 11.0. The van der Waals surface area contributed by atoms with E-state index in [-0.39, 0.29) is 21.8 Å². The fourth-order valence-electron chi connectivity index (χ4n) is 3.72. The Balaban J connectivity index is 1.77. The monoisotopic (exact) mass is 528 g/mol. The summed E-state index contributed by atoms with van der Waals surface area (Å²) in [4.78, 5) is 38.3. The molecule has 0 aliphatic heterocycles. The van der Waals surface area contributed by atoms with Crippen LogP contribution in [0.5, 0.6) is 0 Å². The third kappa shape index (κ3) is 6.60. The van der Waals surface area contributed by atoms with Crippen LogP contribution >= 0.6 is 0 Å². The van der Waals surface area contributed by atoms with E-state index in [4.69, 9.17) is 4.74 Å². The lowest BCUT2D eigenvalue weighted by Crippen LogP contribution is -2.28. The van der Waals surface area contributed by atoms with Crippen LogP contribution in [0.2, 0.25) is 0 Å². The number of unbranched alkanes of at least 4 members (excludes halogenated alkanes) is 3. The molecule has 1 aromatic heterocycles. The average Bonchev–Trinajstić information content (AvgIpc) is 2.87. The van der Waals surface area contributed by atoms with E-state index in [1.807, 2.05) is 0 Å². The number of benzene rings is 2. The topological polar surface area (TPSA) is 128 Å². The molecule has 0 fully saturated rings. The molecular formula is C26H32N4O6S. The van der Waals surface area contributed by atoms with Crippen LogP contribution in [0, 0.1) is 6.92 Å². The number of aryl methyl sites for hydroxylation is 2. The number of sulfonamides is 1. The van der Waals surface area contributed by atoms with Gasteiger partial charge in [-0.2, -0.15) is 5.10 Å². The number of nitrogens with zero attached hydrogens (tertiary/aromatic N) is 3. The van der Waals surface area contributed by atoms with E-state index in [1.54, 1.807) is 37.3 Å². The molecule has 198 valence electrons. The van der Waals surface area contributed by atoms with Crippen molar-refractivity contribution in [2.45, 2.75) is 51.0 Å². The Kier molecular flexibility index (Phi) is 9.17. The molecule has 1 heterocycles. The predicted molar refractivity (Wildman–Crippen MR) is 141 cm³/mol. The van der Waals surface area contributed by atoms with Gasteiger partial charge in [0.15, 0.2) is 12.3 Å². The number of hydrogen-bond acceptors (Lipinski definition) is 7. The van der Waals surface area contributed by atoms with Crippen LogP contribution in [0.3, 0.4) is 0 Å². The van der Waals surface area contributed by atoms with Crippen LogP contribution in [0.15, 0.2) is 52.2 Å². The first kappa shape index (κ1) is 28.0. The zero-order chi connectivity index (χ0) is 27.2. The number of rotatable bonds is 11. The number of carbonyl (C=O) groups excluding carboxylic acids is 2. The first-order valence-electron chi connectivity index (χ1n) is 12.1. The smallest absolute Gasteiger partial charge is 0.359 e. The molecule has 3 aromatic rings. The van der Waals surface area contributed by atoms with Gasteiger partial charge in [-0.15, -0.1) is 0 Å². The molecule has 0 atom stereocenters. The van der Waals surface area contributed by atoms with Crippen molar-refractivity contribution in [3.05, 3.63) is 64.1 Å². The molecule has 0 saturated carbocycles. The molecule has 0 aliphatic rings. The van der Waals surface area contributed by atoms with Gasteiger partial charge in [0.25, 0.3) is 11.5 Å². The zero-order valence-corrected chi connectivity index (χ0v) is 22.3. The minimum atomic E-state index is -3.69. The Morgan fingerprint density at radius 2 is 1.76 bits per heavy atom. The third-order valence-electron chi connectivity index (χ3n) is 5.88. The molecule has 11 heteroatoms. The van der Waals surface area contributed by atoms with Gasteiger partial charge in [0, 0.05) is 31.7 Å². The molecule has 2 aromatic carbocycles. The van der Waals surface area contributed by atoms with Gasteiger partial charge in [-0.3, -0.25) is 9.59 Å². The maximum absolute atomic E-state index is 12.9. The van der Waals surface area contributed by atoms with Crippen molar-refractivity contribution in [3.63, 3.8) is 0 Å². The zero-order valence-electron chi connectivity index (χ0n) is 21.5. The number of esters is 1. The lowest BCUT2D eigenvalue weighted by atomic mass is 10.1. The first-order chi connectivity index (χ1) is 17.6. The quantitative estimate of drug-likeness (QED) is 0.299. The van der Waals surface area contributed by atoms with Crippen molar-refractivity contribution >= 4 is 38.4 Å². The van der Waals surface area contributed by atoms with Crippen molar-refractivity contribution in [1.82, 2.24) is 14.1 Å². The molecule has 3 rings (SSSR count). The Bertz CT molecular complexity index is 1460. The number of nitrogens with one attached hydrogen (secondary N) is 1. The van der Waals surface area contributed by atoms with Crippen LogP contribution in [0.25, 0.3) is 10.8 Å². The number of aromatic nitrogens is 2. The van der Waals surface area contributed by atoms with Gasteiger partial charge in [-0.25, -0.2) is 22.2 Å². The summed E-state index contributed by atoms with van der Waals surface area (Å²) in [5, 5.41) is 7.54. The van der Waals surface area contributed by atoms with Crippen LogP contribution < -0.4 is 10.9 Å². The van der Waals surface area contributed by atoms with Gasteiger partial charge in [0.1, 0.15) is 0 Å². The molecule has 0 saturated heterocycles. The van der Waals surface area contributed by atoms with Crippen LogP contribution in [-0.4, -0.2) is 55.1 Å².